The lowest BCUT2D eigenvalue weighted by Gasteiger charge is -2.50. The van der Waals surface area contributed by atoms with Crippen molar-refractivity contribution in [3.8, 4) is 11.5 Å². The van der Waals surface area contributed by atoms with Crippen LogP contribution >= 0.6 is 0 Å². The van der Waals surface area contributed by atoms with Gasteiger partial charge < -0.3 is 18.9 Å². The zero-order chi connectivity index (χ0) is 26.0. The number of carbonyl (C=O) groups is 1. The normalized spacial score (nSPS) is 32.1. The van der Waals surface area contributed by atoms with Crippen molar-refractivity contribution in [3.63, 3.8) is 0 Å². The van der Waals surface area contributed by atoms with Crippen molar-refractivity contribution in [1.29, 1.82) is 0 Å². The average molecular weight is 513 g/mol. The molecule has 7 nitrogen and oxygen atoms in total. The molecule has 2 saturated heterocycles. The standard InChI is InChI=1S/C30H44N2O5/c1-21-6-5-9-30(2)18-28-24(17-26(21)30)25(29(33)37-28)20-32(11-10-31-12-14-36-15-13-31)19-22-16-23(34-3)7-8-27(22)35-4/h7-8,16,24-26,28H,1,5-6,9-15,17-20H2,2-4H3. The van der Waals surface area contributed by atoms with Gasteiger partial charge in [0.1, 0.15) is 17.6 Å². The molecular formula is C30H44N2O5. The van der Waals surface area contributed by atoms with E-state index in [-0.39, 0.29) is 29.3 Å². The number of allylic oxidation sites excluding steroid dienone is 1. The second-order valence-corrected chi connectivity index (χ2v) is 11.8. The number of benzene rings is 1. The van der Waals surface area contributed by atoms with Crippen molar-refractivity contribution in [2.45, 2.75) is 51.7 Å². The Morgan fingerprint density at radius 3 is 2.78 bits per heavy atom. The zero-order valence-corrected chi connectivity index (χ0v) is 22.9. The average Bonchev–Trinajstić information content (AvgIpc) is 3.19. The fourth-order valence-electron chi connectivity index (χ4n) is 7.33. The maximum absolute atomic E-state index is 13.3. The van der Waals surface area contributed by atoms with Crippen LogP contribution in [0.1, 0.15) is 44.6 Å². The highest BCUT2D eigenvalue weighted by molar-refractivity contribution is 5.75. The highest BCUT2D eigenvalue weighted by Gasteiger charge is 2.55. The number of hydrogen-bond donors (Lipinski definition) is 0. The molecule has 1 aromatic rings. The summed E-state index contributed by atoms with van der Waals surface area (Å²) in [6.45, 7) is 13.5. The molecule has 4 aliphatic rings. The lowest BCUT2D eigenvalue weighted by molar-refractivity contribution is -0.146. The van der Waals surface area contributed by atoms with Crippen LogP contribution in [-0.2, 0) is 20.8 Å². The number of esters is 1. The van der Waals surface area contributed by atoms with Crippen LogP contribution in [0.4, 0.5) is 0 Å². The highest BCUT2D eigenvalue weighted by atomic mass is 16.6. The van der Waals surface area contributed by atoms with E-state index in [2.05, 4.69) is 29.4 Å². The van der Waals surface area contributed by atoms with Crippen LogP contribution in [0.5, 0.6) is 11.5 Å². The van der Waals surface area contributed by atoms with Gasteiger partial charge in [0.05, 0.1) is 33.4 Å². The molecule has 0 radical (unpaired) electrons. The van der Waals surface area contributed by atoms with Crippen molar-refractivity contribution >= 4 is 5.97 Å². The van der Waals surface area contributed by atoms with Crippen LogP contribution in [-0.4, -0.2) is 82.0 Å². The van der Waals surface area contributed by atoms with Crippen LogP contribution in [0.3, 0.4) is 0 Å². The van der Waals surface area contributed by atoms with E-state index in [1.807, 2.05) is 12.1 Å². The van der Waals surface area contributed by atoms with Crippen LogP contribution in [0.25, 0.3) is 0 Å². The van der Waals surface area contributed by atoms with Crippen molar-refractivity contribution in [2.75, 3.05) is 60.2 Å². The maximum Gasteiger partial charge on any atom is 0.310 e. The Bertz CT molecular complexity index is 977. The Hall–Kier alpha value is -2.09. The molecule has 0 spiro atoms. The number of hydrogen-bond acceptors (Lipinski definition) is 7. The molecule has 4 fully saturated rings. The van der Waals surface area contributed by atoms with Gasteiger partial charge in [-0.1, -0.05) is 19.1 Å². The third-order valence-corrected chi connectivity index (χ3v) is 9.49. The quantitative estimate of drug-likeness (QED) is 0.364. The fraction of sp³-hybridized carbons (Fsp3) is 0.700. The largest absolute Gasteiger partial charge is 0.497 e. The maximum atomic E-state index is 13.3. The first-order valence-corrected chi connectivity index (χ1v) is 14.0. The van der Waals surface area contributed by atoms with Crippen LogP contribution in [0, 0.1) is 23.2 Å². The van der Waals surface area contributed by atoms with E-state index in [9.17, 15) is 4.79 Å². The molecule has 2 aliphatic heterocycles. The van der Waals surface area contributed by atoms with E-state index < -0.39 is 0 Å². The fourth-order valence-corrected chi connectivity index (χ4v) is 7.33. The molecule has 0 N–H and O–H groups in total. The summed E-state index contributed by atoms with van der Waals surface area (Å²) >= 11 is 0. The van der Waals surface area contributed by atoms with Crippen LogP contribution in [0.15, 0.2) is 30.4 Å². The summed E-state index contributed by atoms with van der Waals surface area (Å²) in [4.78, 5) is 18.2. The molecule has 5 atom stereocenters. The van der Waals surface area contributed by atoms with E-state index in [0.717, 1.165) is 75.7 Å². The van der Waals surface area contributed by atoms with Gasteiger partial charge in [0.2, 0.25) is 0 Å². The zero-order valence-electron chi connectivity index (χ0n) is 22.9. The highest BCUT2D eigenvalue weighted by Crippen LogP contribution is 2.57. The van der Waals surface area contributed by atoms with E-state index in [1.165, 1.54) is 18.4 Å². The molecule has 2 aliphatic carbocycles. The first-order valence-electron chi connectivity index (χ1n) is 14.0. The van der Waals surface area contributed by atoms with Crippen LogP contribution < -0.4 is 9.47 Å². The minimum Gasteiger partial charge on any atom is -0.497 e. The van der Waals surface area contributed by atoms with Crippen molar-refractivity contribution in [1.82, 2.24) is 9.80 Å². The minimum atomic E-state index is -0.106. The molecule has 5 unspecified atom stereocenters. The van der Waals surface area contributed by atoms with Gasteiger partial charge in [0.25, 0.3) is 0 Å². The molecule has 7 heteroatoms. The Morgan fingerprint density at radius 2 is 2.03 bits per heavy atom. The first-order chi connectivity index (χ1) is 17.9. The van der Waals surface area contributed by atoms with E-state index in [0.29, 0.717) is 19.0 Å². The lowest BCUT2D eigenvalue weighted by Crippen LogP contribution is -2.46. The van der Waals surface area contributed by atoms with E-state index in [1.54, 1.807) is 14.2 Å². The number of fused-ring (bicyclic) bond motifs is 2. The van der Waals surface area contributed by atoms with E-state index in [4.69, 9.17) is 18.9 Å². The Morgan fingerprint density at radius 1 is 1.22 bits per heavy atom. The number of rotatable bonds is 9. The van der Waals surface area contributed by atoms with E-state index >= 15 is 0 Å². The number of methoxy groups -OCH3 is 2. The molecule has 1 aromatic carbocycles. The monoisotopic (exact) mass is 512 g/mol. The summed E-state index contributed by atoms with van der Waals surface area (Å²) in [6, 6.07) is 5.94. The van der Waals surface area contributed by atoms with Gasteiger partial charge in [-0.2, -0.15) is 0 Å². The summed E-state index contributed by atoms with van der Waals surface area (Å²) < 4.78 is 22.8. The molecular weight excluding hydrogens is 468 g/mol. The Kier molecular flexibility index (Phi) is 8.13. The number of carbonyl (C=O) groups excluding carboxylic acids is 1. The number of ether oxygens (including phenoxy) is 4. The third kappa shape index (κ3) is 5.69. The van der Waals surface area contributed by atoms with Gasteiger partial charge in [0.15, 0.2) is 0 Å². The molecule has 0 bridgehead atoms. The molecule has 0 amide bonds. The third-order valence-electron chi connectivity index (χ3n) is 9.49. The van der Waals surface area contributed by atoms with Crippen molar-refractivity contribution in [3.05, 3.63) is 35.9 Å². The first kappa shape index (κ1) is 26.5. The topological polar surface area (TPSA) is 60.5 Å². The van der Waals surface area contributed by atoms with Gasteiger partial charge >= 0.3 is 5.97 Å². The van der Waals surface area contributed by atoms with Crippen molar-refractivity contribution in [2.24, 2.45) is 23.2 Å². The van der Waals surface area contributed by atoms with Gasteiger partial charge in [-0.25, -0.2) is 0 Å². The van der Waals surface area contributed by atoms with Crippen LogP contribution in [0.2, 0.25) is 0 Å². The predicted molar refractivity (Wildman–Crippen MR) is 143 cm³/mol. The Balaban J connectivity index is 1.35. The minimum absolute atomic E-state index is 0.0168. The van der Waals surface area contributed by atoms with Gasteiger partial charge in [-0.05, 0) is 61.6 Å². The van der Waals surface area contributed by atoms with Gasteiger partial charge in [-0.3, -0.25) is 14.6 Å². The number of nitrogens with zero attached hydrogens (tertiary/aromatic N) is 2. The summed E-state index contributed by atoms with van der Waals surface area (Å²) in [5, 5.41) is 0. The summed E-state index contributed by atoms with van der Waals surface area (Å²) in [5.41, 5.74) is 2.68. The van der Waals surface area contributed by atoms with Gasteiger partial charge in [-0.15, -0.1) is 0 Å². The molecule has 5 rings (SSSR count). The predicted octanol–water partition coefficient (Wildman–Crippen LogP) is 4.15. The molecule has 0 aromatic heterocycles. The SMILES string of the molecule is C=C1CCCC2(C)CC3OC(=O)C(CN(CCN4CCOCC4)Cc4cc(OC)ccc4OC)C3CC12. The second-order valence-electron chi connectivity index (χ2n) is 11.8. The summed E-state index contributed by atoms with van der Waals surface area (Å²) in [6.07, 6.45) is 5.58. The van der Waals surface area contributed by atoms with Gasteiger partial charge in [0, 0.05) is 50.7 Å². The molecule has 204 valence electrons. The summed E-state index contributed by atoms with van der Waals surface area (Å²) in [5.74, 6) is 2.29. The Labute approximate surface area is 222 Å². The number of morpholine rings is 1. The van der Waals surface area contributed by atoms with Crippen molar-refractivity contribution < 1.29 is 23.7 Å². The molecule has 2 heterocycles. The lowest BCUT2D eigenvalue weighted by atomic mass is 9.55. The molecule has 37 heavy (non-hydrogen) atoms. The second kappa shape index (κ2) is 11.3. The molecule has 2 saturated carbocycles. The summed E-state index contributed by atoms with van der Waals surface area (Å²) in [7, 11) is 3.39. The smallest absolute Gasteiger partial charge is 0.310 e.